The molecular formula is C9H10N2S. The molecule has 12 heavy (non-hydrogen) atoms. The summed E-state index contributed by atoms with van der Waals surface area (Å²) < 4.78 is 1.23. The lowest BCUT2D eigenvalue weighted by Crippen LogP contribution is -1.96. The quantitative estimate of drug-likeness (QED) is 0.726. The van der Waals surface area contributed by atoms with Crippen LogP contribution in [0.1, 0.15) is 11.1 Å². The largest absolute Gasteiger partial charge is 0.326 e. The molecule has 1 heterocycles. The van der Waals surface area contributed by atoms with Gasteiger partial charge in [-0.15, -0.1) is 11.3 Å². The summed E-state index contributed by atoms with van der Waals surface area (Å²) in [6.45, 7) is 2.68. The normalized spacial score (nSPS) is 10.8. The zero-order valence-electron chi connectivity index (χ0n) is 6.87. The predicted molar refractivity (Wildman–Crippen MR) is 52.2 cm³/mol. The van der Waals surface area contributed by atoms with Crippen molar-refractivity contribution in [1.82, 2.24) is 4.98 Å². The van der Waals surface area contributed by atoms with E-state index in [1.165, 1.54) is 15.8 Å². The third-order valence-corrected chi connectivity index (χ3v) is 2.70. The van der Waals surface area contributed by atoms with Crippen molar-refractivity contribution < 1.29 is 0 Å². The van der Waals surface area contributed by atoms with Gasteiger partial charge in [-0.1, -0.05) is 6.07 Å². The van der Waals surface area contributed by atoms with Crippen molar-refractivity contribution in [3.05, 3.63) is 28.8 Å². The molecule has 0 aliphatic carbocycles. The smallest absolute Gasteiger partial charge is 0.0841 e. The number of thiazole rings is 1. The fourth-order valence-electron chi connectivity index (χ4n) is 1.33. The summed E-state index contributed by atoms with van der Waals surface area (Å²) in [5.41, 5.74) is 10.9. The maximum Gasteiger partial charge on any atom is 0.0841 e. The molecule has 0 saturated carbocycles. The highest BCUT2D eigenvalue weighted by molar-refractivity contribution is 7.16. The Morgan fingerprint density at radius 2 is 2.33 bits per heavy atom. The Balaban J connectivity index is 2.75. The van der Waals surface area contributed by atoms with E-state index in [-0.39, 0.29) is 0 Å². The molecule has 3 heteroatoms. The molecule has 0 aliphatic rings. The lowest BCUT2D eigenvalue weighted by atomic mass is 10.1. The standard InChI is InChI=1S/C9H10N2S/c1-6-2-7(4-10)3-8-9(6)11-5-12-8/h2-3,5H,4,10H2,1H3. The molecule has 0 spiro atoms. The molecule has 0 unspecified atom stereocenters. The Morgan fingerprint density at radius 1 is 1.50 bits per heavy atom. The van der Waals surface area contributed by atoms with E-state index in [9.17, 15) is 0 Å². The fraction of sp³-hybridized carbons (Fsp3) is 0.222. The van der Waals surface area contributed by atoms with Gasteiger partial charge in [0.25, 0.3) is 0 Å². The van der Waals surface area contributed by atoms with Gasteiger partial charge in [0.2, 0.25) is 0 Å². The molecule has 0 bridgehead atoms. The van der Waals surface area contributed by atoms with Crippen LogP contribution in [-0.2, 0) is 6.54 Å². The van der Waals surface area contributed by atoms with Crippen LogP contribution in [0.25, 0.3) is 10.2 Å². The first kappa shape index (κ1) is 7.71. The topological polar surface area (TPSA) is 38.9 Å². The van der Waals surface area contributed by atoms with Gasteiger partial charge in [0.1, 0.15) is 0 Å². The van der Waals surface area contributed by atoms with Crippen LogP contribution >= 0.6 is 11.3 Å². The summed E-state index contributed by atoms with van der Waals surface area (Å²) in [7, 11) is 0. The molecule has 0 aliphatic heterocycles. The van der Waals surface area contributed by atoms with E-state index in [1.807, 2.05) is 5.51 Å². The summed E-state index contributed by atoms with van der Waals surface area (Å²) in [6, 6.07) is 4.21. The van der Waals surface area contributed by atoms with E-state index in [2.05, 4.69) is 24.0 Å². The lowest BCUT2D eigenvalue weighted by Gasteiger charge is -1.99. The molecule has 2 aromatic rings. The number of nitrogens with zero attached hydrogens (tertiary/aromatic N) is 1. The van der Waals surface area contributed by atoms with E-state index in [0.717, 1.165) is 5.52 Å². The molecule has 2 N–H and O–H groups in total. The van der Waals surface area contributed by atoms with E-state index in [0.29, 0.717) is 6.54 Å². The predicted octanol–water partition coefficient (Wildman–Crippen LogP) is 2.06. The Kier molecular flexibility index (Phi) is 1.83. The van der Waals surface area contributed by atoms with Crippen LogP contribution in [0, 0.1) is 6.92 Å². The Bertz CT molecular complexity index is 406. The maximum absolute atomic E-state index is 5.56. The van der Waals surface area contributed by atoms with E-state index < -0.39 is 0 Å². The molecule has 0 fully saturated rings. The number of hydrogen-bond donors (Lipinski definition) is 1. The molecule has 0 radical (unpaired) electrons. The number of nitrogens with two attached hydrogens (primary N) is 1. The lowest BCUT2D eigenvalue weighted by molar-refractivity contribution is 1.07. The number of aryl methyl sites for hydroxylation is 1. The second-order valence-corrected chi connectivity index (χ2v) is 3.70. The van der Waals surface area contributed by atoms with Crippen molar-refractivity contribution in [2.24, 2.45) is 5.73 Å². The highest BCUT2D eigenvalue weighted by Crippen LogP contribution is 2.22. The number of fused-ring (bicyclic) bond motifs is 1. The second-order valence-electron chi connectivity index (χ2n) is 2.82. The molecule has 0 atom stereocenters. The van der Waals surface area contributed by atoms with Crippen LogP contribution in [0.2, 0.25) is 0 Å². The number of benzene rings is 1. The Hall–Kier alpha value is -0.930. The summed E-state index contributed by atoms with van der Waals surface area (Å²) in [6.07, 6.45) is 0. The molecule has 0 amide bonds. The first-order valence-corrected chi connectivity index (χ1v) is 4.72. The van der Waals surface area contributed by atoms with E-state index in [1.54, 1.807) is 11.3 Å². The van der Waals surface area contributed by atoms with Crippen molar-refractivity contribution in [3.8, 4) is 0 Å². The van der Waals surface area contributed by atoms with Crippen LogP contribution in [0.5, 0.6) is 0 Å². The summed E-state index contributed by atoms with van der Waals surface area (Å²) in [4.78, 5) is 4.27. The molecule has 1 aromatic heterocycles. The average Bonchev–Trinajstić information content (AvgIpc) is 2.52. The van der Waals surface area contributed by atoms with E-state index >= 15 is 0 Å². The summed E-state index contributed by atoms with van der Waals surface area (Å²) >= 11 is 1.66. The van der Waals surface area contributed by atoms with Gasteiger partial charge in [0, 0.05) is 6.54 Å². The van der Waals surface area contributed by atoms with Crippen LogP contribution in [0.4, 0.5) is 0 Å². The average molecular weight is 178 g/mol. The van der Waals surface area contributed by atoms with Crippen LogP contribution in [0.3, 0.4) is 0 Å². The fourth-order valence-corrected chi connectivity index (χ4v) is 2.14. The minimum absolute atomic E-state index is 0.606. The number of rotatable bonds is 1. The van der Waals surface area contributed by atoms with Crippen LogP contribution < -0.4 is 5.73 Å². The van der Waals surface area contributed by atoms with Gasteiger partial charge >= 0.3 is 0 Å². The molecule has 62 valence electrons. The molecule has 0 saturated heterocycles. The molecular weight excluding hydrogens is 168 g/mol. The van der Waals surface area contributed by atoms with Crippen molar-refractivity contribution in [1.29, 1.82) is 0 Å². The summed E-state index contributed by atoms with van der Waals surface area (Å²) in [5.74, 6) is 0. The van der Waals surface area contributed by atoms with Crippen molar-refractivity contribution in [2.75, 3.05) is 0 Å². The first-order valence-electron chi connectivity index (χ1n) is 3.84. The van der Waals surface area contributed by atoms with Crippen molar-refractivity contribution in [2.45, 2.75) is 13.5 Å². The monoisotopic (exact) mass is 178 g/mol. The van der Waals surface area contributed by atoms with Crippen LogP contribution in [0.15, 0.2) is 17.6 Å². The SMILES string of the molecule is Cc1cc(CN)cc2scnc12. The Morgan fingerprint density at radius 3 is 3.08 bits per heavy atom. The van der Waals surface area contributed by atoms with Crippen molar-refractivity contribution >= 4 is 21.6 Å². The van der Waals surface area contributed by atoms with E-state index in [4.69, 9.17) is 5.73 Å². The minimum Gasteiger partial charge on any atom is -0.326 e. The maximum atomic E-state index is 5.56. The van der Waals surface area contributed by atoms with Gasteiger partial charge in [0.15, 0.2) is 0 Å². The third-order valence-electron chi connectivity index (χ3n) is 1.92. The zero-order valence-corrected chi connectivity index (χ0v) is 7.69. The first-order chi connectivity index (χ1) is 5.81. The van der Waals surface area contributed by atoms with Gasteiger partial charge in [-0.05, 0) is 24.1 Å². The molecule has 2 nitrogen and oxygen atoms in total. The Labute approximate surface area is 75.0 Å². The highest BCUT2D eigenvalue weighted by Gasteiger charge is 2.01. The van der Waals surface area contributed by atoms with Gasteiger partial charge in [-0.2, -0.15) is 0 Å². The highest BCUT2D eigenvalue weighted by atomic mass is 32.1. The molecule has 1 aromatic carbocycles. The summed E-state index contributed by atoms with van der Waals surface area (Å²) in [5, 5.41) is 0. The van der Waals surface area contributed by atoms with Gasteiger partial charge in [0.05, 0.1) is 15.7 Å². The van der Waals surface area contributed by atoms with Gasteiger partial charge in [-0.3, -0.25) is 0 Å². The van der Waals surface area contributed by atoms with Crippen LogP contribution in [-0.4, -0.2) is 4.98 Å². The number of hydrogen-bond acceptors (Lipinski definition) is 3. The third kappa shape index (κ3) is 1.11. The van der Waals surface area contributed by atoms with Gasteiger partial charge < -0.3 is 5.73 Å². The second kappa shape index (κ2) is 2.84. The zero-order chi connectivity index (χ0) is 8.55. The minimum atomic E-state index is 0.606. The molecule has 2 rings (SSSR count). The van der Waals surface area contributed by atoms with Gasteiger partial charge in [-0.25, -0.2) is 4.98 Å². The number of aromatic nitrogens is 1. The van der Waals surface area contributed by atoms with Crippen molar-refractivity contribution in [3.63, 3.8) is 0 Å².